The lowest BCUT2D eigenvalue weighted by Crippen LogP contribution is -2.54. The third kappa shape index (κ3) is 2.98. The van der Waals surface area contributed by atoms with Crippen LogP contribution < -0.4 is 10.2 Å². The summed E-state index contributed by atoms with van der Waals surface area (Å²) in [6.45, 7) is 1.64. The highest BCUT2D eigenvalue weighted by Crippen LogP contribution is 2.34. The summed E-state index contributed by atoms with van der Waals surface area (Å²) in [4.78, 5) is 30.7. The van der Waals surface area contributed by atoms with Gasteiger partial charge < -0.3 is 19.4 Å². The number of amides is 1. The molecule has 2 aliphatic rings. The Bertz CT molecular complexity index is 877. The first-order chi connectivity index (χ1) is 12.6. The van der Waals surface area contributed by atoms with Crippen LogP contribution in [0.25, 0.3) is 10.9 Å². The third-order valence-electron chi connectivity index (χ3n) is 5.62. The van der Waals surface area contributed by atoms with Crippen LogP contribution in [0.4, 0.5) is 0 Å². The Labute approximate surface area is 152 Å². The van der Waals surface area contributed by atoms with Gasteiger partial charge in [-0.25, -0.2) is 0 Å². The van der Waals surface area contributed by atoms with E-state index >= 15 is 0 Å². The number of aromatic amines is 1. The Morgan fingerprint density at radius 1 is 1.27 bits per heavy atom. The molecule has 1 aromatic carbocycles. The molecule has 1 saturated carbocycles. The highest BCUT2D eigenvalue weighted by Gasteiger charge is 2.39. The second kappa shape index (κ2) is 6.76. The minimum atomic E-state index is -0.240. The first kappa shape index (κ1) is 17.1. The largest absolute Gasteiger partial charge is 0.497 e. The van der Waals surface area contributed by atoms with Crippen molar-refractivity contribution in [3.05, 3.63) is 40.2 Å². The number of aromatic nitrogens is 1. The number of nitrogens with zero attached hydrogens (tertiary/aromatic N) is 1. The maximum absolute atomic E-state index is 13.0. The van der Waals surface area contributed by atoms with E-state index in [1.165, 1.54) is 12.6 Å². The van der Waals surface area contributed by atoms with Gasteiger partial charge >= 0.3 is 0 Å². The Morgan fingerprint density at radius 3 is 2.85 bits per heavy atom. The molecule has 1 spiro atoms. The summed E-state index contributed by atoms with van der Waals surface area (Å²) < 4.78 is 11.2. The number of benzene rings is 1. The quantitative estimate of drug-likeness (QED) is 0.898. The summed E-state index contributed by atoms with van der Waals surface area (Å²) in [6.07, 6.45) is 7.01. The average Bonchev–Trinajstić information content (AvgIpc) is 2.68. The van der Waals surface area contributed by atoms with Crippen molar-refractivity contribution in [2.45, 2.75) is 37.7 Å². The van der Waals surface area contributed by atoms with Gasteiger partial charge in [0.25, 0.3) is 5.91 Å². The van der Waals surface area contributed by atoms with Crippen molar-refractivity contribution in [1.29, 1.82) is 0 Å². The lowest BCUT2D eigenvalue weighted by atomic mass is 9.83. The fourth-order valence-corrected chi connectivity index (χ4v) is 4.17. The second-order valence-electron chi connectivity index (χ2n) is 7.26. The maximum Gasteiger partial charge on any atom is 0.259 e. The van der Waals surface area contributed by atoms with E-state index in [-0.39, 0.29) is 22.5 Å². The van der Waals surface area contributed by atoms with Gasteiger partial charge in [0.05, 0.1) is 31.4 Å². The van der Waals surface area contributed by atoms with Crippen molar-refractivity contribution < 1.29 is 14.3 Å². The minimum Gasteiger partial charge on any atom is -0.497 e. The zero-order valence-corrected chi connectivity index (χ0v) is 15.0. The van der Waals surface area contributed by atoms with Crippen LogP contribution in [0.1, 0.15) is 42.5 Å². The maximum atomic E-state index is 13.0. The van der Waals surface area contributed by atoms with Gasteiger partial charge in [-0.15, -0.1) is 0 Å². The predicted molar refractivity (Wildman–Crippen MR) is 98.8 cm³/mol. The molecule has 1 saturated heterocycles. The standard InChI is InChI=1S/C20H24N2O4/c1-25-14-5-6-15-17(11-14)21-12-16(18(15)23)19(24)22-9-10-26-20(13-22)7-3-2-4-8-20/h5-6,11-12H,2-4,7-10,13H2,1H3,(H,21,23). The number of morpholine rings is 1. The SMILES string of the molecule is COc1ccc2c(=O)c(C(=O)N3CCOC4(CCCCC4)C3)c[nH]c2c1. The number of H-pyrrole nitrogens is 1. The molecule has 26 heavy (non-hydrogen) atoms. The number of pyridine rings is 1. The fraction of sp³-hybridized carbons (Fsp3) is 0.500. The van der Waals surface area contributed by atoms with E-state index in [1.807, 2.05) is 0 Å². The molecule has 4 rings (SSSR count). The molecule has 2 aromatic rings. The molecule has 0 unspecified atom stereocenters. The van der Waals surface area contributed by atoms with E-state index in [4.69, 9.17) is 9.47 Å². The van der Waals surface area contributed by atoms with Crippen LogP contribution in [0.5, 0.6) is 5.75 Å². The number of hydrogen-bond acceptors (Lipinski definition) is 4. The molecule has 1 aliphatic carbocycles. The number of nitrogens with one attached hydrogen (secondary N) is 1. The molecule has 2 heterocycles. The van der Waals surface area contributed by atoms with Crippen molar-refractivity contribution in [2.24, 2.45) is 0 Å². The molecule has 1 aromatic heterocycles. The van der Waals surface area contributed by atoms with Gasteiger partial charge in [0.2, 0.25) is 5.43 Å². The molecule has 0 atom stereocenters. The Hall–Kier alpha value is -2.34. The Kier molecular flexibility index (Phi) is 4.44. The summed E-state index contributed by atoms with van der Waals surface area (Å²) in [7, 11) is 1.58. The molecule has 1 amide bonds. The molecule has 1 aliphatic heterocycles. The van der Waals surface area contributed by atoms with E-state index in [0.29, 0.717) is 36.3 Å². The van der Waals surface area contributed by atoms with Crippen LogP contribution in [0.15, 0.2) is 29.2 Å². The van der Waals surface area contributed by atoms with E-state index in [1.54, 1.807) is 30.2 Å². The molecule has 6 nitrogen and oxygen atoms in total. The molecule has 138 valence electrons. The molecule has 6 heteroatoms. The van der Waals surface area contributed by atoms with E-state index in [0.717, 1.165) is 25.7 Å². The summed E-state index contributed by atoms with van der Waals surface area (Å²) in [5.41, 5.74) is 0.395. The molecule has 1 N–H and O–H groups in total. The summed E-state index contributed by atoms with van der Waals surface area (Å²) in [5.74, 6) is 0.455. The number of carbonyl (C=O) groups is 1. The van der Waals surface area contributed by atoms with Crippen LogP contribution in [-0.4, -0.2) is 48.2 Å². The Balaban J connectivity index is 1.63. The molecule has 2 fully saturated rings. The molecule has 0 bridgehead atoms. The molecular formula is C20H24N2O4. The number of methoxy groups -OCH3 is 1. The summed E-state index contributed by atoms with van der Waals surface area (Å²) in [6, 6.07) is 5.19. The number of rotatable bonds is 2. The molecule has 0 radical (unpaired) electrons. The summed E-state index contributed by atoms with van der Waals surface area (Å²) >= 11 is 0. The van der Waals surface area contributed by atoms with Crippen molar-refractivity contribution in [3.8, 4) is 5.75 Å². The van der Waals surface area contributed by atoms with Gasteiger partial charge in [-0.05, 0) is 25.0 Å². The first-order valence-corrected chi connectivity index (χ1v) is 9.25. The number of carbonyl (C=O) groups excluding carboxylic acids is 1. The number of hydrogen-bond donors (Lipinski definition) is 1. The number of fused-ring (bicyclic) bond motifs is 1. The van der Waals surface area contributed by atoms with Crippen LogP contribution in [0.3, 0.4) is 0 Å². The lowest BCUT2D eigenvalue weighted by molar-refractivity contribution is -0.117. The van der Waals surface area contributed by atoms with Crippen LogP contribution >= 0.6 is 0 Å². The zero-order chi connectivity index (χ0) is 18.1. The smallest absolute Gasteiger partial charge is 0.259 e. The lowest BCUT2D eigenvalue weighted by Gasteiger charge is -2.45. The van der Waals surface area contributed by atoms with Crippen molar-refractivity contribution in [3.63, 3.8) is 0 Å². The van der Waals surface area contributed by atoms with Crippen molar-refractivity contribution in [1.82, 2.24) is 9.88 Å². The summed E-state index contributed by atoms with van der Waals surface area (Å²) in [5, 5.41) is 0.497. The highest BCUT2D eigenvalue weighted by atomic mass is 16.5. The first-order valence-electron chi connectivity index (χ1n) is 9.25. The van der Waals surface area contributed by atoms with Crippen molar-refractivity contribution in [2.75, 3.05) is 26.8 Å². The Morgan fingerprint density at radius 2 is 2.08 bits per heavy atom. The van der Waals surface area contributed by atoms with Crippen LogP contribution in [-0.2, 0) is 4.74 Å². The van der Waals surface area contributed by atoms with Gasteiger partial charge in [-0.1, -0.05) is 19.3 Å². The van der Waals surface area contributed by atoms with E-state index in [9.17, 15) is 9.59 Å². The van der Waals surface area contributed by atoms with E-state index < -0.39 is 0 Å². The van der Waals surface area contributed by atoms with Gasteiger partial charge in [-0.3, -0.25) is 9.59 Å². The average molecular weight is 356 g/mol. The highest BCUT2D eigenvalue weighted by molar-refractivity contribution is 5.97. The van der Waals surface area contributed by atoms with Gasteiger partial charge in [0.1, 0.15) is 11.3 Å². The van der Waals surface area contributed by atoms with Crippen LogP contribution in [0, 0.1) is 0 Å². The van der Waals surface area contributed by atoms with Gasteiger partial charge in [-0.2, -0.15) is 0 Å². The number of ether oxygens (including phenoxy) is 2. The normalized spacial score (nSPS) is 19.7. The van der Waals surface area contributed by atoms with Crippen molar-refractivity contribution >= 4 is 16.8 Å². The van der Waals surface area contributed by atoms with Gasteiger partial charge in [0, 0.05) is 24.2 Å². The van der Waals surface area contributed by atoms with Gasteiger partial charge in [0.15, 0.2) is 0 Å². The topological polar surface area (TPSA) is 71.6 Å². The van der Waals surface area contributed by atoms with E-state index in [2.05, 4.69) is 4.98 Å². The van der Waals surface area contributed by atoms with Crippen LogP contribution in [0.2, 0.25) is 0 Å². The fourth-order valence-electron chi connectivity index (χ4n) is 4.17. The predicted octanol–water partition coefficient (Wildman–Crippen LogP) is 2.71. The monoisotopic (exact) mass is 356 g/mol. The second-order valence-corrected chi connectivity index (χ2v) is 7.26. The zero-order valence-electron chi connectivity index (χ0n) is 15.0. The third-order valence-corrected chi connectivity index (χ3v) is 5.62. The molecular weight excluding hydrogens is 332 g/mol. The minimum absolute atomic E-state index is 0.190.